The first-order valence-electron chi connectivity index (χ1n) is 33.7. The third-order valence-corrected chi connectivity index (χ3v) is 20.6. The highest BCUT2D eigenvalue weighted by molar-refractivity contribution is 6.24. The van der Waals surface area contributed by atoms with Crippen LogP contribution in [0.3, 0.4) is 0 Å². The van der Waals surface area contributed by atoms with Gasteiger partial charge in [0.05, 0.1) is 16.6 Å². The predicted octanol–water partition coefficient (Wildman–Crippen LogP) is 25.2. The van der Waals surface area contributed by atoms with E-state index in [9.17, 15) is 0 Å². The highest BCUT2D eigenvalue weighted by Crippen LogP contribution is 2.57. The molecule has 0 bridgehead atoms. The Morgan fingerprint density at radius 1 is 0.321 bits per heavy atom. The van der Waals surface area contributed by atoms with Crippen LogP contribution in [0.5, 0.6) is 0 Å². The minimum absolute atomic E-state index is 0.0656. The molecule has 0 saturated carbocycles. The molecule has 0 saturated heterocycles. The Bertz CT molecular complexity index is 3270. The van der Waals surface area contributed by atoms with Crippen molar-refractivity contribution in [2.75, 3.05) is 0 Å². The van der Waals surface area contributed by atoms with Crippen LogP contribution >= 0.6 is 0 Å². The van der Waals surface area contributed by atoms with Crippen LogP contribution in [0.4, 0.5) is 0 Å². The molecule has 0 spiro atoms. The van der Waals surface area contributed by atoms with E-state index in [-0.39, 0.29) is 10.8 Å². The van der Waals surface area contributed by atoms with Gasteiger partial charge in [-0.25, -0.2) is 0 Å². The number of hydrogen-bond acceptors (Lipinski definition) is 0. The van der Waals surface area contributed by atoms with Crippen molar-refractivity contribution in [1.82, 2.24) is 4.40 Å². The summed E-state index contributed by atoms with van der Waals surface area (Å²) in [6.07, 6.45) is 38.2. The fraction of sp³-hybridized carbons (Fsp3) is 0.475. The molecule has 1 nitrogen and oxygen atoms in total. The molecule has 11 rings (SSSR count). The van der Waals surface area contributed by atoms with Crippen LogP contribution in [-0.2, 0) is 10.8 Å². The molecule has 1 unspecified atom stereocenters. The largest absolute Gasteiger partial charge is 0.308 e. The molecule has 1 heteroatoms. The summed E-state index contributed by atoms with van der Waals surface area (Å²) >= 11 is 0. The van der Waals surface area contributed by atoms with Gasteiger partial charge in [0.15, 0.2) is 0 Å². The lowest BCUT2D eigenvalue weighted by atomic mass is 9.70. The second kappa shape index (κ2) is 26.3. The second-order valence-corrected chi connectivity index (χ2v) is 25.9. The maximum atomic E-state index is 2.66. The van der Waals surface area contributed by atoms with Gasteiger partial charge in [0.1, 0.15) is 0 Å². The zero-order valence-electron chi connectivity index (χ0n) is 51.2. The molecule has 2 heterocycles. The molecular formula is C80H99N. The van der Waals surface area contributed by atoms with Crippen LogP contribution in [0.2, 0.25) is 0 Å². The summed E-state index contributed by atoms with van der Waals surface area (Å²) in [7, 11) is 0. The Balaban J connectivity index is 0.977. The summed E-state index contributed by atoms with van der Waals surface area (Å²) in [4.78, 5) is 0. The van der Waals surface area contributed by atoms with Crippen molar-refractivity contribution in [3.63, 3.8) is 0 Å². The summed E-state index contributed by atoms with van der Waals surface area (Å²) in [5.74, 6) is 0.467. The number of fused-ring (bicyclic) bond motifs is 12. The number of rotatable bonds is 32. The van der Waals surface area contributed by atoms with Crippen molar-refractivity contribution in [2.24, 2.45) is 0 Å². The topological polar surface area (TPSA) is 4.41 Å². The van der Waals surface area contributed by atoms with Gasteiger partial charge in [0, 0.05) is 32.4 Å². The average Bonchev–Trinajstić information content (AvgIpc) is 4.25. The third-order valence-electron chi connectivity index (χ3n) is 20.6. The molecule has 0 aliphatic heterocycles. The van der Waals surface area contributed by atoms with Crippen LogP contribution in [0.25, 0.3) is 82.6 Å². The molecule has 0 N–H and O–H groups in total. The highest BCUT2D eigenvalue weighted by Gasteiger charge is 2.44. The zero-order chi connectivity index (χ0) is 55.8. The van der Waals surface area contributed by atoms with Crippen LogP contribution in [0.1, 0.15) is 261 Å². The fourth-order valence-corrected chi connectivity index (χ4v) is 15.9. The molecule has 81 heavy (non-hydrogen) atoms. The number of unbranched alkanes of at least 4 members (excludes halogenated alkanes) is 20. The maximum Gasteiger partial charge on any atom is 0.0620 e. The lowest BCUT2D eigenvalue weighted by molar-refractivity contribution is 0.398. The molecule has 1 atom stereocenters. The lowest BCUT2D eigenvalue weighted by Gasteiger charge is -2.33. The van der Waals surface area contributed by atoms with Gasteiger partial charge < -0.3 is 4.40 Å². The molecule has 424 valence electrons. The highest BCUT2D eigenvalue weighted by atomic mass is 14.9. The van der Waals surface area contributed by atoms with Crippen LogP contribution in [-0.4, -0.2) is 4.40 Å². The molecule has 9 aromatic rings. The van der Waals surface area contributed by atoms with Crippen LogP contribution in [0, 0.1) is 0 Å². The van der Waals surface area contributed by atoms with E-state index in [1.807, 2.05) is 0 Å². The van der Waals surface area contributed by atoms with E-state index in [1.54, 1.807) is 22.3 Å². The summed E-state index contributed by atoms with van der Waals surface area (Å²) in [5, 5.41) is 5.55. The Hall–Kier alpha value is -5.66. The monoisotopic (exact) mass is 1070 g/mol. The number of nitrogens with zero attached hydrogens (tertiary/aromatic N) is 1. The van der Waals surface area contributed by atoms with Gasteiger partial charge in [-0.3, -0.25) is 0 Å². The van der Waals surface area contributed by atoms with Gasteiger partial charge in [-0.1, -0.05) is 281 Å². The number of benzene rings is 7. The van der Waals surface area contributed by atoms with Crippen molar-refractivity contribution < 1.29 is 0 Å². The third kappa shape index (κ3) is 11.2. The predicted molar refractivity (Wildman–Crippen MR) is 355 cm³/mol. The fourth-order valence-electron chi connectivity index (χ4n) is 15.9. The van der Waals surface area contributed by atoms with Crippen molar-refractivity contribution in [3.05, 3.63) is 161 Å². The van der Waals surface area contributed by atoms with Crippen molar-refractivity contribution >= 4 is 38.1 Å². The van der Waals surface area contributed by atoms with Gasteiger partial charge in [-0.2, -0.15) is 0 Å². The van der Waals surface area contributed by atoms with E-state index < -0.39 is 0 Å². The smallest absolute Gasteiger partial charge is 0.0620 e. The average molecular weight is 1070 g/mol. The molecule has 2 aliphatic carbocycles. The van der Waals surface area contributed by atoms with E-state index in [1.165, 1.54) is 268 Å². The standard InChI is InChI=1S/C80H99N/c1-7-12-16-20-24-32-48-79(49-33-25-21-17-13-8-2)72-38-30-28-36-64(72)66-44-40-61(56-74(66)79)59-42-46-76-68(52-59)70-54-63(58(6)11-5)55-71-69-53-60(43-47-77(69)81(76)78(70)71)62-41-45-67-65-37-29-31-39-73(65)80(75(67)57-62,50-34-26-22-18-14-9-3)51-35-27-23-19-15-10-4/h28-31,36-47,52-58H,7-27,32-35,48-51H2,1-6H3. The summed E-state index contributed by atoms with van der Waals surface area (Å²) in [6, 6.07) is 54.4. The molecule has 7 aromatic carbocycles. The van der Waals surface area contributed by atoms with Gasteiger partial charge >= 0.3 is 0 Å². The minimum atomic E-state index is 0.0656. The maximum absolute atomic E-state index is 2.66. The van der Waals surface area contributed by atoms with Crippen molar-refractivity contribution in [2.45, 2.75) is 244 Å². The van der Waals surface area contributed by atoms with Crippen LogP contribution in [0.15, 0.2) is 133 Å². The summed E-state index contributed by atoms with van der Waals surface area (Å²) in [5.41, 5.74) is 23.3. The van der Waals surface area contributed by atoms with E-state index in [0.717, 1.165) is 6.42 Å². The normalized spacial score (nSPS) is 14.4. The Labute approximate surface area is 490 Å². The zero-order valence-corrected chi connectivity index (χ0v) is 51.2. The SMILES string of the molecule is CCCCCCCCC1(CCCCCCCC)c2ccccc2-c2ccc(-c3ccc4c(c3)c3cc(C(C)CC)cc5c6cc(-c7ccc8c(c7)C(CCCCCCCC)(CCCCCCCC)c7ccccc7-8)ccc6n4c35)cc21. The van der Waals surface area contributed by atoms with E-state index in [4.69, 9.17) is 0 Å². The Morgan fingerprint density at radius 2 is 0.654 bits per heavy atom. The van der Waals surface area contributed by atoms with Gasteiger partial charge in [-0.05, 0) is 159 Å². The summed E-state index contributed by atoms with van der Waals surface area (Å²) < 4.78 is 2.63. The van der Waals surface area contributed by atoms with E-state index in [2.05, 4.69) is 179 Å². The van der Waals surface area contributed by atoms with Crippen molar-refractivity contribution in [1.29, 1.82) is 0 Å². The first kappa shape index (κ1) is 57.2. The van der Waals surface area contributed by atoms with Gasteiger partial charge in [0.25, 0.3) is 0 Å². The second-order valence-electron chi connectivity index (χ2n) is 25.9. The molecular weight excluding hydrogens is 975 g/mol. The molecule has 0 radical (unpaired) electrons. The Morgan fingerprint density at radius 3 is 1.04 bits per heavy atom. The van der Waals surface area contributed by atoms with Crippen LogP contribution < -0.4 is 0 Å². The van der Waals surface area contributed by atoms with E-state index in [0.29, 0.717) is 5.92 Å². The molecule has 2 aromatic heterocycles. The Kier molecular flexibility index (Phi) is 18.6. The van der Waals surface area contributed by atoms with Gasteiger partial charge in [-0.15, -0.1) is 0 Å². The minimum Gasteiger partial charge on any atom is -0.308 e. The summed E-state index contributed by atoms with van der Waals surface area (Å²) in [6.45, 7) is 14.1. The number of aromatic nitrogens is 1. The molecule has 2 aliphatic rings. The van der Waals surface area contributed by atoms with E-state index >= 15 is 0 Å². The van der Waals surface area contributed by atoms with Gasteiger partial charge in [0.2, 0.25) is 0 Å². The lowest BCUT2D eigenvalue weighted by Crippen LogP contribution is -2.25. The van der Waals surface area contributed by atoms with Crippen molar-refractivity contribution in [3.8, 4) is 44.5 Å². The quantitative estimate of drug-likeness (QED) is 0.0370. The molecule has 0 amide bonds. The first-order chi connectivity index (χ1) is 39.9. The first-order valence-corrected chi connectivity index (χ1v) is 33.7. The number of hydrogen-bond donors (Lipinski definition) is 0. The molecule has 0 fully saturated rings.